The van der Waals surface area contributed by atoms with Crippen LogP contribution >= 0.6 is 0 Å². The molecule has 1 fully saturated rings. The number of hydrogen-bond donors (Lipinski definition) is 2. The molecular weight excluding hydrogens is 554 g/mol. The normalized spacial score (nSPS) is 16.2. The zero-order valence-corrected chi connectivity index (χ0v) is 24.4. The molecule has 2 aliphatic heterocycles. The van der Waals surface area contributed by atoms with Crippen LogP contribution < -0.4 is 29.9 Å². The lowest BCUT2D eigenvalue weighted by Crippen LogP contribution is -2.36. The monoisotopic (exact) mass is 588 g/mol. The molecule has 0 radical (unpaired) electrons. The van der Waals surface area contributed by atoms with Crippen LogP contribution in [-0.2, 0) is 11.3 Å². The molecule has 4 aromatic rings. The maximum Gasteiger partial charge on any atom is 0.231 e. The van der Waals surface area contributed by atoms with Crippen LogP contribution in [0, 0.1) is 11.6 Å². The minimum Gasteiger partial charge on any atom is -0.497 e. The third kappa shape index (κ3) is 6.12. The number of morpholine rings is 1. The second-order valence-electron chi connectivity index (χ2n) is 10.6. The van der Waals surface area contributed by atoms with Crippen molar-refractivity contribution < 1.29 is 23.0 Å². The van der Waals surface area contributed by atoms with Crippen LogP contribution in [0.5, 0.6) is 11.5 Å². The number of methoxy groups -OCH3 is 2. The molecule has 9 nitrogen and oxygen atoms in total. The van der Waals surface area contributed by atoms with E-state index >= 15 is 0 Å². The smallest absolute Gasteiger partial charge is 0.231 e. The molecule has 1 unspecified atom stereocenters. The first-order valence-electron chi connectivity index (χ1n) is 14.2. The molecule has 3 aromatic carbocycles. The fraction of sp³-hybridized carbons (Fsp3) is 0.312. The molecule has 11 heteroatoms. The Kier molecular flexibility index (Phi) is 8.15. The van der Waals surface area contributed by atoms with Gasteiger partial charge in [-0.1, -0.05) is 19.1 Å². The number of fused-ring (bicyclic) bond motifs is 1. The second kappa shape index (κ2) is 12.3. The van der Waals surface area contributed by atoms with Crippen molar-refractivity contribution in [3.05, 3.63) is 83.4 Å². The summed E-state index contributed by atoms with van der Waals surface area (Å²) in [4.78, 5) is 14.2. The lowest BCUT2D eigenvalue weighted by Gasteiger charge is -2.29. The van der Waals surface area contributed by atoms with Gasteiger partial charge in [-0.25, -0.2) is 8.78 Å². The minimum absolute atomic E-state index is 0.0810. The Morgan fingerprint density at radius 1 is 0.907 bits per heavy atom. The van der Waals surface area contributed by atoms with Crippen LogP contribution in [0.4, 0.5) is 43.4 Å². The van der Waals surface area contributed by atoms with Crippen LogP contribution in [0.15, 0.2) is 60.7 Å². The van der Waals surface area contributed by atoms with Gasteiger partial charge in [0.1, 0.15) is 23.1 Å². The number of nitrogens with zero attached hydrogens (tertiary/aromatic N) is 4. The molecule has 224 valence electrons. The summed E-state index contributed by atoms with van der Waals surface area (Å²) >= 11 is 0. The number of aromatic nitrogens is 2. The predicted molar refractivity (Wildman–Crippen MR) is 163 cm³/mol. The number of ether oxygens (including phenoxy) is 3. The van der Waals surface area contributed by atoms with Gasteiger partial charge in [-0.2, -0.15) is 9.97 Å². The Morgan fingerprint density at radius 2 is 1.70 bits per heavy atom. The van der Waals surface area contributed by atoms with Gasteiger partial charge in [0.25, 0.3) is 0 Å². The van der Waals surface area contributed by atoms with Crippen LogP contribution in [0.25, 0.3) is 0 Å². The molecule has 2 N–H and O–H groups in total. The molecule has 1 atom stereocenters. The fourth-order valence-corrected chi connectivity index (χ4v) is 5.54. The Morgan fingerprint density at radius 3 is 2.42 bits per heavy atom. The van der Waals surface area contributed by atoms with E-state index in [9.17, 15) is 8.78 Å². The highest BCUT2D eigenvalue weighted by atomic mass is 19.2. The van der Waals surface area contributed by atoms with Gasteiger partial charge in [-0.15, -0.1) is 0 Å². The topological polar surface area (TPSA) is 84.0 Å². The van der Waals surface area contributed by atoms with Gasteiger partial charge in [-0.3, -0.25) is 0 Å². The molecule has 0 bridgehead atoms. The Hall–Kier alpha value is -4.64. The van der Waals surface area contributed by atoms with Crippen molar-refractivity contribution in [2.24, 2.45) is 0 Å². The zero-order chi connectivity index (χ0) is 29.9. The SMILES string of the molecule is COc1ccc(CN2CC(C)c3c(Nc4ccc(F)c(F)c4)nc(Nc4ccc(N5CCOCC5)cc4OC)nc32)cc1. The van der Waals surface area contributed by atoms with Gasteiger partial charge in [0.2, 0.25) is 5.95 Å². The molecule has 2 aliphatic rings. The molecule has 0 spiro atoms. The molecule has 3 heterocycles. The number of nitrogens with one attached hydrogen (secondary N) is 2. The van der Waals surface area contributed by atoms with E-state index in [4.69, 9.17) is 24.2 Å². The van der Waals surface area contributed by atoms with Crippen molar-refractivity contribution in [1.82, 2.24) is 9.97 Å². The van der Waals surface area contributed by atoms with E-state index < -0.39 is 11.6 Å². The van der Waals surface area contributed by atoms with E-state index in [2.05, 4.69) is 27.4 Å². The summed E-state index contributed by atoms with van der Waals surface area (Å²) in [5, 5.41) is 6.56. The maximum atomic E-state index is 14.1. The number of halogens is 2. The molecule has 0 amide bonds. The number of benzene rings is 3. The quantitative estimate of drug-likeness (QED) is 0.237. The standard InChI is InChI=1S/C32H34F2N6O3/c1-20-18-40(19-21-4-8-24(41-2)9-5-21)31-29(20)30(35-22-6-10-25(33)26(34)16-22)37-32(38-31)36-27-11-7-23(17-28(27)42-3)39-12-14-43-15-13-39/h4-11,16-17,20H,12-15,18-19H2,1-3H3,(H2,35,36,37,38). The highest BCUT2D eigenvalue weighted by Gasteiger charge is 2.32. The summed E-state index contributed by atoms with van der Waals surface area (Å²) in [7, 11) is 3.27. The largest absolute Gasteiger partial charge is 0.497 e. The summed E-state index contributed by atoms with van der Waals surface area (Å²) in [6.45, 7) is 6.43. The molecular formula is C32H34F2N6O3. The Bertz CT molecular complexity index is 1600. The van der Waals surface area contributed by atoms with Gasteiger partial charge in [0.15, 0.2) is 11.6 Å². The average Bonchev–Trinajstić information content (AvgIpc) is 3.34. The Labute approximate surface area is 249 Å². The first-order chi connectivity index (χ1) is 20.9. The highest BCUT2D eigenvalue weighted by molar-refractivity contribution is 5.74. The summed E-state index contributed by atoms with van der Waals surface area (Å²) in [5.74, 6) is 1.29. The van der Waals surface area contributed by atoms with E-state index in [-0.39, 0.29) is 5.92 Å². The second-order valence-corrected chi connectivity index (χ2v) is 10.6. The average molecular weight is 589 g/mol. The lowest BCUT2D eigenvalue weighted by molar-refractivity contribution is 0.122. The van der Waals surface area contributed by atoms with Crippen LogP contribution in [0.2, 0.25) is 0 Å². The predicted octanol–water partition coefficient (Wildman–Crippen LogP) is 6.22. The maximum absolute atomic E-state index is 14.1. The van der Waals surface area contributed by atoms with E-state index in [0.717, 1.165) is 53.6 Å². The van der Waals surface area contributed by atoms with Gasteiger partial charge in [0, 0.05) is 61.2 Å². The summed E-state index contributed by atoms with van der Waals surface area (Å²) in [6, 6.07) is 17.6. The number of rotatable bonds is 9. The Balaban J connectivity index is 1.36. The van der Waals surface area contributed by atoms with Gasteiger partial charge < -0.3 is 34.6 Å². The van der Waals surface area contributed by atoms with Crippen molar-refractivity contribution in [1.29, 1.82) is 0 Å². The fourth-order valence-electron chi connectivity index (χ4n) is 5.54. The third-order valence-electron chi connectivity index (χ3n) is 7.73. The van der Waals surface area contributed by atoms with Crippen molar-refractivity contribution in [3.63, 3.8) is 0 Å². The summed E-state index contributed by atoms with van der Waals surface area (Å²) in [5.41, 5.74) is 4.13. The lowest BCUT2D eigenvalue weighted by atomic mass is 10.1. The van der Waals surface area contributed by atoms with Gasteiger partial charge >= 0.3 is 0 Å². The molecule has 6 rings (SSSR count). The minimum atomic E-state index is -0.937. The summed E-state index contributed by atoms with van der Waals surface area (Å²) in [6.07, 6.45) is 0. The van der Waals surface area contributed by atoms with E-state index in [1.54, 1.807) is 14.2 Å². The molecule has 1 saturated heterocycles. The first-order valence-corrected chi connectivity index (χ1v) is 14.2. The van der Waals surface area contributed by atoms with Crippen LogP contribution in [-0.4, -0.2) is 57.0 Å². The molecule has 0 saturated carbocycles. The van der Waals surface area contributed by atoms with Crippen LogP contribution in [0.3, 0.4) is 0 Å². The van der Waals surface area contributed by atoms with Crippen molar-refractivity contribution in [3.8, 4) is 11.5 Å². The van der Waals surface area contributed by atoms with Crippen molar-refractivity contribution in [2.75, 3.05) is 67.5 Å². The molecule has 1 aromatic heterocycles. The first kappa shape index (κ1) is 28.5. The van der Waals surface area contributed by atoms with Gasteiger partial charge in [0.05, 0.1) is 33.1 Å². The van der Waals surface area contributed by atoms with Crippen molar-refractivity contribution >= 4 is 34.6 Å². The molecule has 43 heavy (non-hydrogen) atoms. The van der Waals surface area contributed by atoms with Crippen molar-refractivity contribution in [2.45, 2.75) is 19.4 Å². The number of hydrogen-bond acceptors (Lipinski definition) is 9. The van der Waals surface area contributed by atoms with E-state index in [0.29, 0.717) is 55.2 Å². The highest BCUT2D eigenvalue weighted by Crippen LogP contribution is 2.42. The molecule has 0 aliphatic carbocycles. The van der Waals surface area contributed by atoms with E-state index in [1.807, 2.05) is 42.5 Å². The number of anilines is 6. The van der Waals surface area contributed by atoms with Gasteiger partial charge in [-0.05, 0) is 42.0 Å². The van der Waals surface area contributed by atoms with E-state index in [1.165, 1.54) is 6.07 Å². The summed E-state index contributed by atoms with van der Waals surface area (Å²) < 4.78 is 44.3. The third-order valence-corrected chi connectivity index (χ3v) is 7.73. The van der Waals surface area contributed by atoms with Crippen LogP contribution in [0.1, 0.15) is 24.0 Å². The zero-order valence-electron chi connectivity index (χ0n) is 24.4.